The fourth-order valence-corrected chi connectivity index (χ4v) is 1.77. The summed E-state index contributed by atoms with van der Waals surface area (Å²) in [5.74, 6) is 0.208. The van der Waals surface area contributed by atoms with Crippen LogP contribution in [0.15, 0.2) is 48.5 Å². The summed E-state index contributed by atoms with van der Waals surface area (Å²) in [5, 5.41) is 9.84. The topological polar surface area (TPSA) is 40.5 Å². The van der Waals surface area contributed by atoms with Crippen LogP contribution in [0.25, 0.3) is 11.1 Å². The lowest BCUT2D eigenvalue weighted by Gasteiger charge is -2.16. The highest BCUT2D eigenvalue weighted by molar-refractivity contribution is 5.88. The first-order valence-corrected chi connectivity index (χ1v) is 5.29. The minimum Gasteiger partial charge on any atom is -0.507 e. The van der Waals surface area contributed by atoms with E-state index in [1.54, 1.807) is 19.2 Å². The Morgan fingerprint density at radius 1 is 1.00 bits per heavy atom. The first-order valence-electron chi connectivity index (χ1n) is 5.29. The Balaban J connectivity index is 2.60. The molecule has 0 aliphatic carbocycles. The molecule has 3 heteroatoms. The second-order valence-corrected chi connectivity index (χ2v) is 3.75. The number of para-hydroxylation sites is 2. The molecule has 1 amide bonds. The van der Waals surface area contributed by atoms with Gasteiger partial charge in [0.25, 0.3) is 0 Å². The van der Waals surface area contributed by atoms with Crippen LogP contribution in [0, 0.1) is 0 Å². The zero-order chi connectivity index (χ0) is 12.3. The first kappa shape index (κ1) is 11.2. The molecule has 0 radical (unpaired) electrons. The van der Waals surface area contributed by atoms with Crippen molar-refractivity contribution in [3.05, 3.63) is 48.5 Å². The maximum atomic E-state index is 10.8. The zero-order valence-corrected chi connectivity index (χ0v) is 9.50. The quantitative estimate of drug-likeness (QED) is 0.819. The second kappa shape index (κ2) is 4.70. The number of hydrogen-bond donors (Lipinski definition) is 1. The van der Waals surface area contributed by atoms with Gasteiger partial charge in [-0.2, -0.15) is 0 Å². The number of hydrogen-bond acceptors (Lipinski definition) is 2. The molecular formula is C14H13NO2. The molecule has 0 aliphatic rings. The van der Waals surface area contributed by atoms with Crippen molar-refractivity contribution in [3.8, 4) is 16.9 Å². The van der Waals surface area contributed by atoms with Crippen molar-refractivity contribution in [3.63, 3.8) is 0 Å². The molecule has 3 nitrogen and oxygen atoms in total. The van der Waals surface area contributed by atoms with Crippen molar-refractivity contribution in [2.45, 2.75) is 0 Å². The summed E-state index contributed by atoms with van der Waals surface area (Å²) in [5.41, 5.74) is 2.32. The standard InChI is InChI=1S/C14H13NO2/c1-15(10-16)13-8-4-2-6-11(13)12-7-3-5-9-14(12)17/h2-10,17H,1H3. The number of benzene rings is 2. The van der Waals surface area contributed by atoms with Crippen LogP contribution in [0.1, 0.15) is 0 Å². The number of phenolic OH excluding ortho intramolecular Hbond substituents is 1. The number of amides is 1. The third-order valence-electron chi connectivity index (χ3n) is 2.64. The molecule has 17 heavy (non-hydrogen) atoms. The van der Waals surface area contributed by atoms with Crippen LogP contribution < -0.4 is 4.90 Å². The van der Waals surface area contributed by atoms with Crippen LogP contribution in [-0.4, -0.2) is 18.6 Å². The molecule has 2 aromatic rings. The van der Waals surface area contributed by atoms with Crippen LogP contribution in [-0.2, 0) is 4.79 Å². The predicted molar refractivity (Wildman–Crippen MR) is 68.0 cm³/mol. The summed E-state index contributed by atoms with van der Waals surface area (Å²) >= 11 is 0. The maximum Gasteiger partial charge on any atom is 0.213 e. The molecule has 0 unspecified atom stereocenters. The third kappa shape index (κ3) is 2.13. The van der Waals surface area contributed by atoms with Gasteiger partial charge in [0.15, 0.2) is 0 Å². The molecule has 2 aromatic carbocycles. The smallest absolute Gasteiger partial charge is 0.213 e. The third-order valence-corrected chi connectivity index (χ3v) is 2.64. The Morgan fingerprint density at radius 3 is 2.24 bits per heavy atom. The highest BCUT2D eigenvalue weighted by atomic mass is 16.3. The lowest BCUT2D eigenvalue weighted by atomic mass is 10.0. The van der Waals surface area contributed by atoms with E-state index in [9.17, 15) is 9.90 Å². The monoisotopic (exact) mass is 227 g/mol. The fourth-order valence-electron chi connectivity index (χ4n) is 1.77. The molecule has 2 rings (SSSR count). The van der Waals surface area contributed by atoms with E-state index in [4.69, 9.17) is 0 Å². The number of nitrogens with zero attached hydrogens (tertiary/aromatic N) is 1. The van der Waals surface area contributed by atoms with Crippen LogP contribution >= 0.6 is 0 Å². The van der Waals surface area contributed by atoms with Gasteiger partial charge in [0, 0.05) is 18.2 Å². The summed E-state index contributed by atoms with van der Waals surface area (Å²) in [4.78, 5) is 12.3. The van der Waals surface area contributed by atoms with Gasteiger partial charge in [0.1, 0.15) is 5.75 Å². The van der Waals surface area contributed by atoms with Gasteiger partial charge in [0.05, 0.1) is 5.69 Å². The Hall–Kier alpha value is -2.29. The van der Waals surface area contributed by atoms with Crippen LogP contribution in [0.5, 0.6) is 5.75 Å². The van der Waals surface area contributed by atoms with E-state index in [2.05, 4.69) is 0 Å². The van der Waals surface area contributed by atoms with Gasteiger partial charge in [-0.15, -0.1) is 0 Å². The van der Waals surface area contributed by atoms with E-state index in [0.29, 0.717) is 0 Å². The normalized spacial score (nSPS) is 9.94. The van der Waals surface area contributed by atoms with E-state index < -0.39 is 0 Å². The summed E-state index contributed by atoms with van der Waals surface area (Å²) in [6, 6.07) is 14.5. The van der Waals surface area contributed by atoms with Gasteiger partial charge in [-0.1, -0.05) is 36.4 Å². The number of carbonyl (C=O) groups is 1. The molecule has 0 aromatic heterocycles. The van der Waals surface area contributed by atoms with Crippen molar-refractivity contribution >= 4 is 12.1 Å². The number of aromatic hydroxyl groups is 1. The molecule has 1 N–H and O–H groups in total. The molecule has 0 bridgehead atoms. The van der Waals surface area contributed by atoms with E-state index in [0.717, 1.165) is 23.2 Å². The van der Waals surface area contributed by atoms with Crippen LogP contribution in [0.2, 0.25) is 0 Å². The zero-order valence-electron chi connectivity index (χ0n) is 9.50. The highest BCUT2D eigenvalue weighted by Gasteiger charge is 2.10. The van der Waals surface area contributed by atoms with Gasteiger partial charge in [-0.25, -0.2) is 0 Å². The average molecular weight is 227 g/mol. The predicted octanol–water partition coefficient (Wildman–Crippen LogP) is 2.65. The average Bonchev–Trinajstić information content (AvgIpc) is 2.38. The Bertz CT molecular complexity index is 537. The Morgan fingerprint density at radius 2 is 1.59 bits per heavy atom. The Kier molecular flexibility index (Phi) is 3.10. The molecule has 0 heterocycles. The van der Waals surface area contributed by atoms with Gasteiger partial charge < -0.3 is 10.0 Å². The number of phenols is 1. The first-order chi connectivity index (χ1) is 8.24. The molecule has 0 fully saturated rings. The van der Waals surface area contributed by atoms with Crippen molar-refractivity contribution in [1.82, 2.24) is 0 Å². The van der Waals surface area contributed by atoms with Crippen molar-refractivity contribution < 1.29 is 9.90 Å². The van der Waals surface area contributed by atoms with Crippen molar-refractivity contribution in [2.75, 3.05) is 11.9 Å². The SMILES string of the molecule is CN(C=O)c1ccccc1-c1ccccc1O. The van der Waals surface area contributed by atoms with E-state index in [1.165, 1.54) is 4.90 Å². The van der Waals surface area contributed by atoms with Crippen molar-refractivity contribution in [1.29, 1.82) is 0 Å². The molecule has 0 spiro atoms. The lowest BCUT2D eigenvalue weighted by Crippen LogP contribution is -2.14. The number of carbonyl (C=O) groups excluding carboxylic acids is 1. The molecule has 86 valence electrons. The van der Waals surface area contributed by atoms with Gasteiger partial charge in [-0.3, -0.25) is 4.79 Å². The largest absolute Gasteiger partial charge is 0.507 e. The maximum absolute atomic E-state index is 10.8. The van der Waals surface area contributed by atoms with Crippen LogP contribution in [0.3, 0.4) is 0 Å². The minimum atomic E-state index is 0.208. The summed E-state index contributed by atoms with van der Waals surface area (Å²) in [6.45, 7) is 0. The second-order valence-electron chi connectivity index (χ2n) is 3.75. The lowest BCUT2D eigenvalue weighted by molar-refractivity contribution is -0.107. The van der Waals surface area contributed by atoms with E-state index in [1.807, 2.05) is 36.4 Å². The summed E-state index contributed by atoms with van der Waals surface area (Å²) in [6.07, 6.45) is 0.749. The van der Waals surface area contributed by atoms with Crippen LogP contribution in [0.4, 0.5) is 5.69 Å². The van der Waals surface area contributed by atoms with E-state index >= 15 is 0 Å². The van der Waals surface area contributed by atoms with Gasteiger partial charge in [-0.05, 0) is 12.1 Å². The fraction of sp³-hybridized carbons (Fsp3) is 0.0714. The Labute approximate surface area is 99.9 Å². The van der Waals surface area contributed by atoms with E-state index in [-0.39, 0.29) is 5.75 Å². The van der Waals surface area contributed by atoms with Gasteiger partial charge in [0.2, 0.25) is 6.41 Å². The summed E-state index contributed by atoms with van der Waals surface area (Å²) < 4.78 is 0. The van der Waals surface area contributed by atoms with Gasteiger partial charge >= 0.3 is 0 Å². The molecule has 0 atom stereocenters. The number of rotatable bonds is 3. The molecule has 0 saturated carbocycles. The molecular weight excluding hydrogens is 214 g/mol. The highest BCUT2D eigenvalue weighted by Crippen LogP contribution is 2.34. The summed E-state index contributed by atoms with van der Waals surface area (Å²) in [7, 11) is 1.69. The van der Waals surface area contributed by atoms with Crippen molar-refractivity contribution in [2.24, 2.45) is 0 Å². The molecule has 0 aliphatic heterocycles. The minimum absolute atomic E-state index is 0.208. The number of anilines is 1. The molecule has 0 saturated heterocycles.